The summed E-state index contributed by atoms with van der Waals surface area (Å²) in [6, 6.07) is 5.71. The lowest BCUT2D eigenvalue weighted by molar-refractivity contribution is 0.355. The Hall–Kier alpha value is -2.70. The van der Waals surface area contributed by atoms with E-state index >= 15 is 0 Å². The molecule has 0 saturated heterocycles. The molecule has 0 atom stereocenters. The van der Waals surface area contributed by atoms with Crippen LogP contribution in [0.2, 0.25) is 0 Å². The van der Waals surface area contributed by atoms with Crippen LogP contribution in [0.4, 0.5) is 5.69 Å². The molecule has 26 heavy (non-hydrogen) atoms. The van der Waals surface area contributed by atoms with Gasteiger partial charge in [-0.2, -0.15) is 0 Å². The Morgan fingerprint density at radius 2 is 2.00 bits per heavy atom. The number of anilines is 1. The van der Waals surface area contributed by atoms with Crippen LogP contribution in [0.3, 0.4) is 0 Å². The number of ether oxygens (including phenoxy) is 2. The molecule has 2 N–H and O–H groups in total. The second kappa shape index (κ2) is 10.3. The molecule has 0 aliphatic rings. The smallest absolute Gasteiger partial charge is 0.195 e. The Labute approximate surface area is 155 Å². The largest absolute Gasteiger partial charge is 0.493 e. The Morgan fingerprint density at radius 1 is 1.19 bits per heavy atom. The van der Waals surface area contributed by atoms with E-state index in [0.717, 1.165) is 49.9 Å². The molecule has 1 aromatic heterocycles. The van der Waals surface area contributed by atoms with Gasteiger partial charge >= 0.3 is 0 Å². The lowest BCUT2D eigenvalue weighted by Gasteiger charge is -2.14. The zero-order valence-corrected chi connectivity index (χ0v) is 16.1. The van der Waals surface area contributed by atoms with E-state index in [2.05, 4.69) is 25.2 Å². The lowest BCUT2D eigenvalue weighted by Crippen LogP contribution is -2.30. The van der Waals surface area contributed by atoms with Gasteiger partial charge in [0.25, 0.3) is 0 Å². The summed E-state index contributed by atoms with van der Waals surface area (Å²) in [5.41, 5.74) is 0.899. The third kappa shape index (κ3) is 5.68. The highest BCUT2D eigenvalue weighted by molar-refractivity contribution is 5.93. The van der Waals surface area contributed by atoms with Crippen molar-refractivity contribution in [1.29, 1.82) is 0 Å². The minimum atomic E-state index is 0.684. The van der Waals surface area contributed by atoms with Crippen LogP contribution >= 0.6 is 0 Å². The van der Waals surface area contributed by atoms with E-state index in [-0.39, 0.29) is 0 Å². The molecule has 0 fully saturated rings. The Bertz CT molecular complexity index is 712. The van der Waals surface area contributed by atoms with Crippen molar-refractivity contribution < 1.29 is 9.47 Å². The molecule has 2 rings (SSSR count). The highest BCUT2D eigenvalue weighted by Gasteiger charge is 2.06. The van der Waals surface area contributed by atoms with E-state index in [9.17, 15) is 0 Å². The van der Waals surface area contributed by atoms with Gasteiger partial charge in [0.1, 0.15) is 5.82 Å². The molecule has 7 nitrogen and oxygen atoms in total. The van der Waals surface area contributed by atoms with Crippen molar-refractivity contribution in [2.24, 2.45) is 4.99 Å². The van der Waals surface area contributed by atoms with Crippen molar-refractivity contribution in [3.63, 3.8) is 0 Å². The number of benzene rings is 1. The van der Waals surface area contributed by atoms with Gasteiger partial charge in [0, 0.05) is 43.8 Å². The fourth-order valence-corrected chi connectivity index (χ4v) is 2.58. The molecule has 7 heteroatoms. The van der Waals surface area contributed by atoms with Crippen molar-refractivity contribution in [3.8, 4) is 11.5 Å². The van der Waals surface area contributed by atoms with E-state index in [1.807, 2.05) is 44.4 Å². The summed E-state index contributed by atoms with van der Waals surface area (Å²) >= 11 is 0. The van der Waals surface area contributed by atoms with Gasteiger partial charge in [0.05, 0.1) is 14.2 Å². The number of aliphatic imine (C=N–C) groups is 1. The van der Waals surface area contributed by atoms with Gasteiger partial charge in [0.15, 0.2) is 17.5 Å². The fraction of sp³-hybridized carbons (Fsp3) is 0.474. The summed E-state index contributed by atoms with van der Waals surface area (Å²) in [7, 11) is 3.25. The molecular weight excluding hydrogens is 330 g/mol. The lowest BCUT2D eigenvalue weighted by atomic mass is 10.2. The van der Waals surface area contributed by atoms with Crippen LogP contribution in [0.15, 0.2) is 35.6 Å². The van der Waals surface area contributed by atoms with Gasteiger partial charge in [0.2, 0.25) is 0 Å². The first-order chi connectivity index (χ1) is 12.7. The van der Waals surface area contributed by atoms with E-state index in [1.165, 1.54) is 0 Å². The Kier molecular flexibility index (Phi) is 7.79. The molecule has 142 valence electrons. The van der Waals surface area contributed by atoms with Crippen LogP contribution in [-0.4, -0.2) is 42.8 Å². The number of nitrogens with one attached hydrogen (secondary N) is 2. The number of imidazole rings is 1. The highest BCUT2D eigenvalue weighted by Crippen LogP contribution is 2.29. The molecule has 1 heterocycles. The van der Waals surface area contributed by atoms with E-state index in [0.29, 0.717) is 11.5 Å². The number of aryl methyl sites for hydroxylation is 2. The van der Waals surface area contributed by atoms with Crippen molar-refractivity contribution in [1.82, 2.24) is 14.9 Å². The quantitative estimate of drug-likeness (QED) is 0.409. The van der Waals surface area contributed by atoms with Crippen LogP contribution in [-0.2, 0) is 6.54 Å². The SMILES string of the molecule is CCNC(=NCCCCn1ccnc1C)Nc1ccc(OC)c(OC)c1. The maximum atomic E-state index is 5.34. The summed E-state index contributed by atoms with van der Waals surface area (Å²) < 4.78 is 12.8. The molecule has 1 aromatic carbocycles. The molecule has 0 amide bonds. The van der Waals surface area contributed by atoms with Gasteiger partial charge in [-0.1, -0.05) is 0 Å². The van der Waals surface area contributed by atoms with Crippen LogP contribution in [0.25, 0.3) is 0 Å². The number of hydrogen-bond donors (Lipinski definition) is 2. The molecule has 0 saturated carbocycles. The topological polar surface area (TPSA) is 72.7 Å². The van der Waals surface area contributed by atoms with Gasteiger partial charge in [-0.05, 0) is 38.8 Å². The summed E-state index contributed by atoms with van der Waals surface area (Å²) in [4.78, 5) is 8.88. The second-order valence-electron chi connectivity index (χ2n) is 5.83. The maximum Gasteiger partial charge on any atom is 0.195 e. The van der Waals surface area contributed by atoms with E-state index in [1.54, 1.807) is 14.2 Å². The highest BCUT2D eigenvalue weighted by atomic mass is 16.5. The predicted octanol–water partition coefficient (Wildman–Crippen LogP) is 3.07. The van der Waals surface area contributed by atoms with Crippen molar-refractivity contribution >= 4 is 11.6 Å². The average Bonchev–Trinajstić information content (AvgIpc) is 3.06. The first-order valence-electron chi connectivity index (χ1n) is 8.93. The number of hydrogen-bond acceptors (Lipinski definition) is 4. The van der Waals surface area contributed by atoms with Crippen LogP contribution < -0.4 is 20.1 Å². The van der Waals surface area contributed by atoms with Gasteiger partial charge < -0.3 is 24.7 Å². The van der Waals surface area contributed by atoms with Gasteiger partial charge in [-0.15, -0.1) is 0 Å². The number of guanidine groups is 1. The number of unbranched alkanes of at least 4 members (excludes halogenated alkanes) is 1. The summed E-state index contributed by atoms with van der Waals surface area (Å²) in [6.07, 6.45) is 5.93. The zero-order chi connectivity index (χ0) is 18.8. The van der Waals surface area contributed by atoms with Crippen molar-refractivity contribution in [2.75, 3.05) is 32.6 Å². The zero-order valence-electron chi connectivity index (χ0n) is 16.1. The van der Waals surface area contributed by atoms with Crippen LogP contribution in [0, 0.1) is 6.92 Å². The van der Waals surface area contributed by atoms with Crippen molar-refractivity contribution in [3.05, 3.63) is 36.4 Å². The molecule has 0 spiro atoms. The van der Waals surface area contributed by atoms with E-state index < -0.39 is 0 Å². The number of rotatable bonds is 9. The average molecular weight is 359 g/mol. The minimum absolute atomic E-state index is 0.684. The van der Waals surface area contributed by atoms with Gasteiger partial charge in [-0.3, -0.25) is 4.99 Å². The maximum absolute atomic E-state index is 5.34. The molecule has 0 aliphatic carbocycles. The normalized spacial score (nSPS) is 11.3. The van der Waals surface area contributed by atoms with Crippen LogP contribution in [0.1, 0.15) is 25.6 Å². The summed E-state index contributed by atoms with van der Waals surface area (Å²) in [5, 5.41) is 6.57. The molecule has 0 aliphatic heterocycles. The summed E-state index contributed by atoms with van der Waals surface area (Å²) in [5.74, 6) is 3.20. The standard InChI is InChI=1S/C19H29N5O2/c1-5-20-19(22-10-6-7-12-24-13-11-21-15(24)2)23-16-8-9-17(25-3)18(14-16)26-4/h8-9,11,13-14H,5-7,10,12H2,1-4H3,(H2,20,22,23). The first-order valence-corrected chi connectivity index (χ1v) is 8.93. The number of methoxy groups -OCH3 is 2. The predicted molar refractivity (Wildman–Crippen MR) is 105 cm³/mol. The third-order valence-electron chi connectivity index (χ3n) is 3.99. The monoisotopic (exact) mass is 359 g/mol. The third-order valence-corrected chi connectivity index (χ3v) is 3.99. The molecular formula is C19H29N5O2. The number of nitrogens with zero attached hydrogens (tertiary/aromatic N) is 3. The molecule has 0 unspecified atom stereocenters. The van der Waals surface area contributed by atoms with Crippen LogP contribution in [0.5, 0.6) is 11.5 Å². The van der Waals surface area contributed by atoms with E-state index in [4.69, 9.17) is 9.47 Å². The molecule has 2 aromatic rings. The summed E-state index contributed by atoms with van der Waals surface area (Å²) in [6.45, 7) is 6.60. The molecule has 0 bridgehead atoms. The van der Waals surface area contributed by atoms with Crippen molar-refractivity contribution in [2.45, 2.75) is 33.2 Å². The van der Waals surface area contributed by atoms with Gasteiger partial charge in [-0.25, -0.2) is 4.98 Å². The Balaban J connectivity index is 1.88. The Morgan fingerprint density at radius 3 is 2.65 bits per heavy atom. The molecule has 0 radical (unpaired) electrons. The minimum Gasteiger partial charge on any atom is -0.493 e. The second-order valence-corrected chi connectivity index (χ2v) is 5.83. The number of aromatic nitrogens is 2. The fourth-order valence-electron chi connectivity index (χ4n) is 2.58. The first kappa shape index (κ1) is 19.6.